The molecule has 4 heteroatoms. The van der Waals surface area contributed by atoms with Gasteiger partial charge in [0.05, 0.1) is 5.69 Å². The molecule has 23 heavy (non-hydrogen) atoms. The van der Waals surface area contributed by atoms with Crippen LogP contribution in [0.4, 0.5) is 5.69 Å². The van der Waals surface area contributed by atoms with Gasteiger partial charge in [-0.2, -0.15) is 0 Å². The fourth-order valence-corrected chi connectivity index (χ4v) is 3.74. The Bertz CT molecular complexity index is 575. The van der Waals surface area contributed by atoms with Gasteiger partial charge in [0.1, 0.15) is 5.75 Å². The summed E-state index contributed by atoms with van der Waals surface area (Å²) in [4.78, 5) is 15.2. The number of hydrogen-bond donors (Lipinski definition) is 1. The highest BCUT2D eigenvalue weighted by Gasteiger charge is 2.46. The van der Waals surface area contributed by atoms with E-state index in [9.17, 15) is 4.79 Å². The van der Waals surface area contributed by atoms with Crippen LogP contribution in [0.25, 0.3) is 0 Å². The van der Waals surface area contributed by atoms with E-state index in [1.807, 2.05) is 24.8 Å². The first-order valence-corrected chi connectivity index (χ1v) is 8.92. The first-order chi connectivity index (χ1) is 11.1. The van der Waals surface area contributed by atoms with E-state index in [0.717, 1.165) is 43.9 Å². The Morgan fingerprint density at radius 1 is 1.26 bits per heavy atom. The Balaban J connectivity index is 1.96. The van der Waals surface area contributed by atoms with Crippen molar-refractivity contribution in [2.24, 2.45) is 5.92 Å². The molecule has 126 valence electrons. The summed E-state index contributed by atoms with van der Waals surface area (Å²) >= 11 is 0. The summed E-state index contributed by atoms with van der Waals surface area (Å²) in [7, 11) is 0. The summed E-state index contributed by atoms with van der Waals surface area (Å²) in [5.41, 5.74) is 1.41. The van der Waals surface area contributed by atoms with Crippen molar-refractivity contribution in [2.45, 2.75) is 52.1 Å². The van der Waals surface area contributed by atoms with Gasteiger partial charge in [0.25, 0.3) is 5.91 Å². The third kappa shape index (κ3) is 2.97. The van der Waals surface area contributed by atoms with Crippen molar-refractivity contribution in [3.63, 3.8) is 0 Å². The largest absolute Gasteiger partial charge is 0.475 e. The monoisotopic (exact) mass is 316 g/mol. The van der Waals surface area contributed by atoms with Gasteiger partial charge < -0.3 is 15.0 Å². The smallest absolute Gasteiger partial charge is 0.271 e. The maximum absolute atomic E-state index is 13.2. The van der Waals surface area contributed by atoms with Crippen LogP contribution in [0.5, 0.6) is 5.75 Å². The summed E-state index contributed by atoms with van der Waals surface area (Å²) in [6, 6.07) is 6.17. The van der Waals surface area contributed by atoms with E-state index in [2.05, 4.69) is 24.4 Å². The molecule has 0 bridgehead atoms. The number of carbonyl (C=O) groups is 1. The molecule has 0 saturated carbocycles. The number of anilines is 1. The van der Waals surface area contributed by atoms with E-state index in [-0.39, 0.29) is 5.91 Å². The van der Waals surface area contributed by atoms with Crippen LogP contribution in [-0.4, -0.2) is 31.1 Å². The molecule has 4 nitrogen and oxygen atoms in total. The molecule has 1 aromatic carbocycles. The molecule has 2 aliphatic rings. The summed E-state index contributed by atoms with van der Waals surface area (Å²) in [6.45, 7) is 9.07. The Kier molecular flexibility index (Phi) is 4.62. The van der Waals surface area contributed by atoms with E-state index in [4.69, 9.17) is 4.74 Å². The quantitative estimate of drug-likeness (QED) is 0.927. The van der Waals surface area contributed by atoms with Gasteiger partial charge in [0, 0.05) is 6.54 Å². The minimum atomic E-state index is -0.701. The van der Waals surface area contributed by atoms with Crippen LogP contribution in [-0.2, 0) is 4.79 Å². The Morgan fingerprint density at radius 3 is 2.61 bits per heavy atom. The van der Waals surface area contributed by atoms with Crippen LogP contribution >= 0.6 is 0 Å². The molecule has 0 atom stereocenters. The molecular formula is C19H28N2O2. The number of piperidine rings is 1. The van der Waals surface area contributed by atoms with E-state index >= 15 is 0 Å². The summed E-state index contributed by atoms with van der Waals surface area (Å²) in [5, 5.41) is 3.40. The Hall–Kier alpha value is -1.55. The van der Waals surface area contributed by atoms with Crippen molar-refractivity contribution in [2.75, 3.05) is 24.5 Å². The molecule has 0 aliphatic carbocycles. The van der Waals surface area contributed by atoms with E-state index in [0.29, 0.717) is 18.8 Å². The standard InChI is InChI=1S/C19H28N2O2/c1-4-19(5-2)18(22)21(13-15-8-10-20-11-9-15)16-7-6-14(3)12-17(16)23-19/h6-7,12,15,20H,4-5,8-11,13H2,1-3H3. The maximum atomic E-state index is 13.2. The second kappa shape index (κ2) is 6.52. The van der Waals surface area contributed by atoms with E-state index in [1.54, 1.807) is 0 Å². The van der Waals surface area contributed by atoms with Gasteiger partial charge in [0.15, 0.2) is 5.60 Å². The molecule has 2 heterocycles. The van der Waals surface area contributed by atoms with Gasteiger partial charge in [-0.25, -0.2) is 0 Å². The molecule has 1 amide bonds. The summed E-state index contributed by atoms with van der Waals surface area (Å²) in [6.07, 6.45) is 3.69. The van der Waals surface area contributed by atoms with Crippen LogP contribution in [0.3, 0.4) is 0 Å². The lowest BCUT2D eigenvalue weighted by Gasteiger charge is -2.43. The zero-order valence-electron chi connectivity index (χ0n) is 14.5. The fourth-order valence-electron chi connectivity index (χ4n) is 3.74. The summed E-state index contributed by atoms with van der Waals surface area (Å²) in [5.74, 6) is 1.57. The van der Waals surface area contributed by atoms with Crippen molar-refractivity contribution in [3.05, 3.63) is 23.8 Å². The SMILES string of the molecule is CCC1(CC)Oc2cc(C)ccc2N(CC2CCNCC2)C1=O. The minimum Gasteiger partial charge on any atom is -0.475 e. The number of aryl methyl sites for hydroxylation is 1. The number of rotatable bonds is 4. The molecule has 1 aromatic rings. The van der Waals surface area contributed by atoms with Gasteiger partial charge in [-0.05, 0) is 69.3 Å². The van der Waals surface area contributed by atoms with Crippen molar-refractivity contribution < 1.29 is 9.53 Å². The predicted molar refractivity (Wildman–Crippen MR) is 93.1 cm³/mol. The van der Waals surface area contributed by atoms with Gasteiger partial charge in [0.2, 0.25) is 0 Å². The number of carbonyl (C=O) groups excluding carboxylic acids is 1. The topological polar surface area (TPSA) is 41.6 Å². The van der Waals surface area contributed by atoms with Crippen LogP contribution in [0, 0.1) is 12.8 Å². The van der Waals surface area contributed by atoms with Gasteiger partial charge in [-0.15, -0.1) is 0 Å². The minimum absolute atomic E-state index is 0.136. The normalized spacial score (nSPS) is 21.0. The highest BCUT2D eigenvalue weighted by atomic mass is 16.5. The lowest BCUT2D eigenvalue weighted by atomic mass is 9.90. The number of hydrogen-bond acceptors (Lipinski definition) is 3. The van der Waals surface area contributed by atoms with Crippen molar-refractivity contribution in [1.29, 1.82) is 0 Å². The van der Waals surface area contributed by atoms with Crippen molar-refractivity contribution >= 4 is 11.6 Å². The number of amides is 1. The molecule has 0 radical (unpaired) electrons. The molecule has 2 aliphatic heterocycles. The van der Waals surface area contributed by atoms with Gasteiger partial charge in [-0.1, -0.05) is 19.9 Å². The zero-order valence-corrected chi connectivity index (χ0v) is 14.5. The third-order valence-electron chi connectivity index (χ3n) is 5.39. The molecule has 1 saturated heterocycles. The van der Waals surface area contributed by atoms with E-state index in [1.165, 1.54) is 5.56 Å². The molecule has 1 N–H and O–H groups in total. The molecule has 1 fully saturated rings. The van der Waals surface area contributed by atoms with Gasteiger partial charge >= 0.3 is 0 Å². The molecule has 0 aromatic heterocycles. The number of benzene rings is 1. The van der Waals surface area contributed by atoms with Crippen LogP contribution in [0.1, 0.15) is 45.1 Å². The predicted octanol–water partition coefficient (Wildman–Crippen LogP) is 3.28. The number of nitrogens with one attached hydrogen (secondary N) is 1. The lowest BCUT2D eigenvalue weighted by Crippen LogP contribution is -2.57. The van der Waals surface area contributed by atoms with E-state index < -0.39 is 5.60 Å². The average molecular weight is 316 g/mol. The molecule has 3 rings (SSSR count). The Labute approximate surface area is 139 Å². The zero-order chi connectivity index (χ0) is 16.4. The van der Waals surface area contributed by atoms with Gasteiger partial charge in [-0.3, -0.25) is 4.79 Å². The number of ether oxygens (including phenoxy) is 1. The van der Waals surface area contributed by atoms with Crippen molar-refractivity contribution in [3.8, 4) is 5.75 Å². The van der Waals surface area contributed by atoms with Crippen LogP contribution < -0.4 is 15.0 Å². The maximum Gasteiger partial charge on any atom is 0.271 e. The summed E-state index contributed by atoms with van der Waals surface area (Å²) < 4.78 is 6.23. The second-order valence-electron chi connectivity index (χ2n) is 6.88. The second-order valence-corrected chi connectivity index (χ2v) is 6.88. The van der Waals surface area contributed by atoms with Crippen LogP contribution in [0.2, 0.25) is 0 Å². The third-order valence-corrected chi connectivity index (χ3v) is 5.39. The van der Waals surface area contributed by atoms with Crippen LogP contribution in [0.15, 0.2) is 18.2 Å². The number of fused-ring (bicyclic) bond motifs is 1. The highest BCUT2D eigenvalue weighted by Crippen LogP contribution is 2.41. The Morgan fingerprint density at radius 2 is 1.96 bits per heavy atom. The first-order valence-electron chi connectivity index (χ1n) is 8.92. The first kappa shape index (κ1) is 16.3. The lowest BCUT2D eigenvalue weighted by molar-refractivity contribution is -0.136. The molecule has 0 unspecified atom stereocenters. The highest BCUT2D eigenvalue weighted by molar-refractivity contribution is 6.02. The fraction of sp³-hybridized carbons (Fsp3) is 0.632. The molecule has 0 spiro atoms. The van der Waals surface area contributed by atoms with Crippen molar-refractivity contribution in [1.82, 2.24) is 5.32 Å². The molecular weight excluding hydrogens is 288 g/mol. The number of nitrogens with zero attached hydrogens (tertiary/aromatic N) is 1. The average Bonchev–Trinajstić information content (AvgIpc) is 2.58.